The van der Waals surface area contributed by atoms with Crippen LogP contribution < -0.4 is 5.73 Å². The molecule has 0 radical (unpaired) electrons. The van der Waals surface area contributed by atoms with Crippen molar-refractivity contribution in [2.75, 3.05) is 0 Å². The Kier molecular flexibility index (Phi) is 4.31. The van der Waals surface area contributed by atoms with Gasteiger partial charge in [0.15, 0.2) is 0 Å². The van der Waals surface area contributed by atoms with Crippen molar-refractivity contribution in [1.82, 2.24) is 0 Å². The van der Waals surface area contributed by atoms with Crippen LogP contribution in [0.25, 0.3) is 0 Å². The fraction of sp³-hybridized carbons (Fsp3) is 0.167. The van der Waals surface area contributed by atoms with Gasteiger partial charge in [-0.15, -0.1) is 11.3 Å². The Balaban J connectivity index is 2.40. The lowest BCUT2D eigenvalue weighted by molar-refractivity contribution is 0.888. The number of benzene rings is 1. The van der Waals surface area contributed by atoms with E-state index in [0.717, 1.165) is 19.4 Å². The van der Waals surface area contributed by atoms with Gasteiger partial charge in [0.25, 0.3) is 0 Å². The van der Waals surface area contributed by atoms with E-state index in [2.05, 4.69) is 44.8 Å². The van der Waals surface area contributed by atoms with Gasteiger partial charge in [-0.2, -0.15) is 0 Å². The Bertz CT molecular complexity index is 553. The summed E-state index contributed by atoms with van der Waals surface area (Å²) in [6.45, 7) is 2.07. The predicted molar refractivity (Wildman–Crippen MR) is 81.9 cm³/mol. The Morgan fingerprint density at radius 3 is 2.47 bits per heavy atom. The van der Waals surface area contributed by atoms with Gasteiger partial charge in [-0.05, 0) is 62.5 Å². The van der Waals surface area contributed by atoms with Gasteiger partial charge >= 0.3 is 0 Å². The first-order chi connectivity index (χ1) is 7.99. The standard InChI is InChI=1S/C12H10Br2ClNS/c1-6-4-9(14)12(17-6)11(16)7-2-3-8(13)10(15)5-7/h2-5,11H,16H2,1H3. The van der Waals surface area contributed by atoms with Gasteiger partial charge in [-0.3, -0.25) is 0 Å². The van der Waals surface area contributed by atoms with Gasteiger partial charge in [0, 0.05) is 18.7 Å². The van der Waals surface area contributed by atoms with Gasteiger partial charge in [0.05, 0.1) is 11.1 Å². The van der Waals surface area contributed by atoms with Crippen molar-refractivity contribution in [3.05, 3.63) is 53.6 Å². The minimum absolute atomic E-state index is 0.145. The Hall–Kier alpha value is 0.130. The van der Waals surface area contributed by atoms with Crippen molar-refractivity contribution in [2.24, 2.45) is 5.73 Å². The average molecular weight is 396 g/mol. The zero-order valence-corrected chi connectivity index (χ0v) is 13.8. The van der Waals surface area contributed by atoms with Crippen LogP contribution in [-0.4, -0.2) is 0 Å². The van der Waals surface area contributed by atoms with Crippen molar-refractivity contribution in [3.8, 4) is 0 Å². The first-order valence-corrected chi connectivity index (χ1v) is 7.73. The summed E-state index contributed by atoms with van der Waals surface area (Å²) < 4.78 is 1.95. The molecule has 5 heteroatoms. The third-order valence-electron chi connectivity index (χ3n) is 2.42. The molecule has 0 amide bonds. The molecule has 2 N–H and O–H groups in total. The second-order valence-corrected chi connectivity index (χ2v) is 7.12. The first-order valence-electron chi connectivity index (χ1n) is 4.95. The highest BCUT2D eigenvalue weighted by Gasteiger charge is 2.15. The summed E-state index contributed by atoms with van der Waals surface area (Å²) in [5.41, 5.74) is 7.27. The molecular weight excluding hydrogens is 385 g/mol. The monoisotopic (exact) mass is 393 g/mol. The number of hydrogen-bond acceptors (Lipinski definition) is 2. The van der Waals surface area contributed by atoms with E-state index in [4.69, 9.17) is 17.3 Å². The molecule has 90 valence electrons. The van der Waals surface area contributed by atoms with Gasteiger partial charge < -0.3 is 5.73 Å². The Morgan fingerprint density at radius 2 is 1.94 bits per heavy atom. The summed E-state index contributed by atoms with van der Waals surface area (Å²) in [7, 11) is 0. The van der Waals surface area contributed by atoms with Crippen molar-refractivity contribution in [1.29, 1.82) is 0 Å². The summed E-state index contributed by atoms with van der Waals surface area (Å²) >= 11 is 14.7. The summed E-state index contributed by atoms with van der Waals surface area (Å²) in [4.78, 5) is 2.37. The number of thiophene rings is 1. The van der Waals surface area contributed by atoms with Crippen molar-refractivity contribution in [2.45, 2.75) is 13.0 Å². The summed E-state index contributed by atoms with van der Waals surface area (Å²) in [5.74, 6) is 0. The topological polar surface area (TPSA) is 26.0 Å². The SMILES string of the molecule is Cc1cc(Br)c(C(N)c2ccc(Br)c(Cl)c2)s1. The third kappa shape index (κ3) is 2.93. The molecule has 0 saturated carbocycles. The quantitative estimate of drug-likeness (QED) is 0.735. The van der Waals surface area contributed by atoms with Crippen LogP contribution in [0.3, 0.4) is 0 Å². The van der Waals surface area contributed by atoms with Crippen LogP contribution in [0.15, 0.2) is 33.2 Å². The second kappa shape index (κ2) is 5.41. The highest BCUT2D eigenvalue weighted by Crippen LogP contribution is 2.35. The Labute approximate surface area is 126 Å². The third-order valence-corrected chi connectivity index (χ3v) is 5.71. The molecule has 1 aromatic carbocycles. The maximum Gasteiger partial charge on any atom is 0.0658 e. The first kappa shape index (κ1) is 13.6. The zero-order chi connectivity index (χ0) is 12.6. The number of nitrogens with two attached hydrogens (primary N) is 1. The number of halogens is 3. The molecule has 0 aliphatic rings. The lowest BCUT2D eigenvalue weighted by Crippen LogP contribution is -2.10. The van der Waals surface area contributed by atoms with Crippen molar-refractivity contribution in [3.63, 3.8) is 0 Å². The molecule has 0 saturated heterocycles. The maximum atomic E-state index is 6.26. The molecule has 0 fully saturated rings. The van der Waals surface area contributed by atoms with E-state index in [1.807, 2.05) is 18.2 Å². The molecule has 2 aromatic rings. The Morgan fingerprint density at radius 1 is 1.24 bits per heavy atom. The summed E-state index contributed by atoms with van der Waals surface area (Å²) in [5, 5.41) is 0.683. The summed E-state index contributed by atoms with van der Waals surface area (Å²) in [6, 6.07) is 7.75. The molecule has 1 atom stereocenters. The lowest BCUT2D eigenvalue weighted by atomic mass is 10.1. The molecule has 17 heavy (non-hydrogen) atoms. The van der Waals surface area contributed by atoms with Crippen LogP contribution in [0.4, 0.5) is 0 Å². The van der Waals surface area contributed by atoms with Crippen LogP contribution in [0, 0.1) is 6.92 Å². The van der Waals surface area contributed by atoms with Crippen LogP contribution in [0.1, 0.15) is 21.4 Å². The van der Waals surface area contributed by atoms with E-state index in [9.17, 15) is 0 Å². The maximum absolute atomic E-state index is 6.26. The van der Waals surface area contributed by atoms with Crippen molar-refractivity contribution < 1.29 is 0 Å². The molecular formula is C12H10Br2ClNS. The largest absolute Gasteiger partial charge is 0.320 e. The van der Waals surface area contributed by atoms with Crippen LogP contribution >= 0.6 is 54.8 Å². The van der Waals surface area contributed by atoms with Crippen molar-refractivity contribution >= 4 is 54.8 Å². The molecule has 0 spiro atoms. The van der Waals surface area contributed by atoms with Crippen LogP contribution in [0.2, 0.25) is 5.02 Å². The molecule has 1 heterocycles. The smallest absolute Gasteiger partial charge is 0.0658 e. The molecule has 0 aliphatic carbocycles. The lowest BCUT2D eigenvalue weighted by Gasteiger charge is -2.12. The van der Waals surface area contributed by atoms with Gasteiger partial charge in [-0.25, -0.2) is 0 Å². The number of rotatable bonds is 2. The van der Waals surface area contributed by atoms with Gasteiger partial charge in [0.2, 0.25) is 0 Å². The normalized spacial score (nSPS) is 12.8. The van der Waals surface area contributed by atoms with E-state index in [1.165, 1.54) is 4.88 Å². The molecule has 1 aromatic heterocycles. The second-order valence-electron chi connectivity index (χ2n) is 3.72. The number of aryl methyl sites for hydroxylation is 1. The molecule has 1 nitrogen and oxygen atoms in total. The average Bonchev–Trinajstić information content (AvgIpc) is 2.61. The van der Waals surface area contributed by atoms with E-state index < -0.39 is 0 Å². The molecule has 1 unspecified atom stereocenters. The van der Waals surface area contributed by atoms with E-state index >= 15 is 0 Å². The summed E-state index contributed by atoms with van der Waals surface area (Å²) in [6.07, 6.45) is 0. The fourth-order valence-electron chi connectivity index (χ4n) is 1.57. The van der Waals surface area contributed by atoms with Crippen LogP contribution in [0.5, 0.6) is 0 Å². The highest BCUT2D eigenvalue weighted by molar-refractivity contribution is 9.10. The molecule has 2 rings (SSSR count). The van der Waals surface area contributed by atoms with Gasteiger partial charge in [-0.1, -0.05) is 17.7 Å². The van der Waals surface area contributed by atoms with E-state index in [-0.39, 0.29) is 6.04 Å². The van der Waals surface area contributed by atoms with Crippen LogP contribution in [-0.2, 0) is 0 Å². The molecule has 0 aliphatic heterocycles. The number of hydrogen-bond donors (Lipinski definition) is 1. The predicted octanol–water partition coefficient (Wildman–Crippen LogP) is 5.28. The van der Waals surface area contributed by atoms with E-state index in [0.29, 0.717) is 5.02 Å². The minimum Gasteiger partial charge on any atom is -0.320 e. The molecule has 0 bridgehead atoms. The van der Waals surface area contributed by atoms with Gasteiger partial charge in [0.1, 0.15) is 0 Å². The minimum atomic E-state index is -0.145. The highest BCUT2D eigenvalue weighted by atomic mass is 79.9. The fourth-order valence-corrected chi connectivity index (χ4v) is 3.93. The zero-order valence-electron chi connectivity index (χ0n) is 9.01. The van der Waals surface area contributed by atoms with E-state index in [1.54, 1.807) is 11.3 Å².